The maximum Gasteiger partial charge on any atom is 0.328 e. The Bertz CT molecular complexity index is 316. The van der Waals surface area contributed by atoms with Gasteiger partial charge in [-0.3, -0.25) is 9.13 Å². The molecule has 0 unspecified atom stereocenters. The Labute approximate surface area is 92.9 Å². The quantitative estimate of drug-likeness (QED) is 0.570. The monoisotopic (exact) mass is 260 g/mol. The number of halogens is 1. The number of nitrogens with zero attached hydrogens (tertiary/aromatic N) is 2. The predicted octanol–water partition coefficient (Wildman–Crippen LogP) is 2.23. The van der Waals surface area contributed by atoms with E-state index in [0.717, 1.165) is 24.8 Å². The van der Waals surface area contributed by atoms with Crippen molar-refractivity contribution in [1.82, 2.24) is 9.13 Å². The maximum atomic E-state index is 11.6. The van der Waals surface area contributed by atoms with Gasteiger partial charge in [-0.25, -0.2) is 4.79 Å². The van der Waals surface area contributed by atoms with Gasteiger partial charge in [0.25, 0.3) is 0 Å². The zero-order valence-electron chi connectivity index (χ0n) is 8.58. The first kappa shape index (κ1) is 11.6. The molecule has 0 saturated heterocycles. The molecule has 0 aliphatic rings. The van der Waals surface area contributed by atoms with Gasteiger partial charge in [-0.15, -0.1) is 0 Å². The minimum Gasteiger partial charge on any atom is -0.300 e. The molecule has 3 nitrogen and oxygen atoms in total. The lowest BCUT2D eigenvalue weighted by atomic mass is 10.2. The molecule has 0 spiro atoms. The summed E-state index contributed by atoms with van der Waals surface area (Å²) in [5.41, 5.74) is 0.117. The van der Waals surface area contributed by atoms with E-state index in [0.29, 0.717) is 0 Å². The summed E-state index contributed by atoms with van der Waals surface area (Å²) in [6, 6.07) is 0. The minimum atomic E-state index is 0.117. The number of aryl methyl sites for hydroxylation is 2. The van der Waals surface area contributed by atoms with Gasteiger partial charge in [-0.05, 0) is 19.8 Å². The Morgan fingerprint density at radius 2 is 1.93 bits per heavy atom. The van der Waals surface area contributed by atoms with Crippen molar-refractivity contribution in [3.63, 3.8) is 0 Å². The number of hydrogen-bond acceptors (Lipinski definition) is 1. The van der Waals surface area contributed by atoms with Crippen LogP contribution in [-0.2, 0) is 13.1 Å². The highest BCUT2D eigenvalue weighted by Crippen LogP contribution is 2.00. The van der Waals surface area contributed by atoms with Crippen molar-refractivity contribution in [3.8, 4) is 0 Å². The second-order valence-electron chi connectivity index (χ2n) is 3.31. The highest BCUT2D eigenvalue weighted by molar-refractivity contribution is 9.09. The van der Waals surface area contributed by atoms with Crippen LogP contribution in [0.25, 0.3) is 0 Å². The Morgan fingerprint density at radius 1 is 1.21 bits per heavy atom. The molecule has 1 rings (SSSR count). The van der Waals surface area contributed by atoms with E-state index in [9.17, 15) is 4.79 Å². The van der Waals surface area contributed by atoms with Crippen molar-refractivity contribution in [2.24, 2.45) is 0 Å². The molecule has 14 heavy (non-hydrogen) atoms. The van der Waals surface area contributed by atoms with Crippen LogP contribution in [-0.4, -0.2) is 14.5 Å². The summed E-state index contributed by atoms with van der Waals surface area (Å²) in [4.78, 5) is 11.6. The fourth-order valence-corrected chi connectivity index (χ4v) is 1.81. The second kappa shape index (κ2) is 6.06. The summed E-state index contributed by atoms with van der Waals surface area (Å²) in [6.45, 7) is 3.59. The predicted molar refractivity (Wildman–Crippen MR) is 62.0 cm³/mol. The topological polar surface area (TPSA) is 26.9 Å². The van der Waals surface area contributed by atoms with Crippen molar-refractivity contribution < 1.29 is 0 Å². The smallest absolute Gasteiger partial charge is 0.300 e. The largest absolute Gasteiger partial charge is 0.328 e. The van der Waals surface area contributed by atoms with Gasteiger partial charge in [0.05, 0.1) is 0 Å². The molecule has 1 heterocycles. The standard InChI is InChI=1S/C10H17BrN2O/c1-2-12-8-9-13(10(12)14)7-5-3-4-6-11/h8-9H,2-7H2,1H3. The van der Waals surface area contributed by atoms with Gasteiger partial charge < -0.3 is 0 Å². The number of aromatic nitrogens is 2. The molecule has 0 amide bonds. The Hall–Kier alpha value is -0.510. The SMILES string of the molecule is CCn1ccn(CCCCCBr)c1=O. The lowest BCUT2D eigenvalue weighted by molar-refractivity contribution is 0.573. The van der Waals surface area contributed by atoms with Crippen molar-refractivity contribution >= 4 is 15.9 Å². The average molecular weight is 261 g/mol. The van der Waals surface area contributed by atoms with Gasteiger partial charge in [0.1, 0.15) is 0 Å². The third kappa shape index (κ3) is 3.01. The molecule has 80 valence electrons. The first-order valence-electron chi connectivity index (χ1n) is 5.11. The third-order valence-corrected chi connectivity index (χ3v) is 2.85. The van der Waals surface area contributed by atoms with Crippen molar-refractivity contribution in [2.75, 3.05) is 5.33 Å². The first-order valence-corrected chi connectivity index (χ1v) is 6.23. The lowest BCUT2D eigenvalue weighted by Crippen LogP contribution is -2.23. The van der Waals surface area contributed by atoms with E-state index in [2.05, 4.69) is 15.9 Å². The zero-order chi connectivity index (χ0) is 10.4. The molecule has 0 saturated carbocycles. The second-order valence-corrected chi connectivity index (χ2v) is 4.10. The van der Waals surface area contributed by atoms with Gasteiger partial charge in [-0.1, -0.05) is 22.4 Å². The van der Waals surface area contributed by atoms with Crippen molar-refractivity contribution in [2.45, 2.75) is 39.3 Å². The normalized spacial score (nSPS) is 10.7. The highest BCUT2D eigenvalue weighted by Gasteiger charge is 2.00. The molecule has 4 heteroatoms. The van der Waals surface area contributed by atoms with E-state index in [1.54, 1.807) is 9.13 Å². The number of imidazole rings is 1. The minimum absolute atomic E-state index is 0.117. The van der Waals surface area contributed by atoms with Crippen LogP contribution in [0, 0.1) is 0 Å². The van der Waals surface area contributed by atoms with Gasteiger partial charge in [0.15, 0.2) is 0 Å². The van der Waals surface area contributed by atoms with Crippen molar-refractivity contribution in [3.05, 3.63) is 22.9 Å². The van der Waals surface area contributed by atoms with E-state index >= 15 is 0 Å². The Kier molecular flexibility index (Phi) is 5.01. The Balaban J connectivity index is 2.43. The van der Waals surface area contributed by atoms with Crippen molar-refractivity contribution in [1.29, 1.82) is 0 Å². The van der Waals surface area contributed by atoms with Crippen LogP contribution >= 0.6 is 15.9 Å². The summed E-state index contributed by atoms with van der Waals surface area (Å²) in [7, 11) is 0. The molecule has 0 aromatic carbocycles. The number of alkyl halides is 1. The molecule has 0 atom stereocenters. The fraction of sp³-hybridized carbons (Fsp3) is 0.700. The molecule has 0 radical (unpaired) electrons. The fourth-order valence-electron chi connectivity index (χ4n) is 1.42. The molecule has 0 bridgehead atoms. The molecule has 0 aliphatic heterocycles. The van der Waals surface area contributed by atoms with E-state index in [-0.39, 0.29) is 5.69 Å². The summed E-state index contributed by atoms with van der Waals surface area (Å²) in [6.07, 6.45) is 7.17. The average Bonchev–Trinajstić information content (AvgIpc) is 2.55. The molecule has 0 fully saturated rings. The molecular formula is C10H17BrN2O. The number of unbranched alkanes of at least 4 members (excludes halogenated alkanes) is 2. The van der Waals surface area contributed by atoms with Crippen LogP contribution in [0.3, 0.4) is 0 Å². The molecule has 0 aliphatic carbocycles. The highest BCUT2D eigenvalue weighted by atomic mass is 79.9. The van der Waals surface area contributed by atoms with Gasteiger partial charge in [0.2, 0.25) is 0 Å². The number of rotatable bonds is 6. The van der Waals surface area contributed by atoms with E-state index < -0.39 is 0 Å². The molecule has 1 aromatic rings. The third-order valence-electron chi connectivity index (χ3n) is 2.29. The zero-order valence-corrected chi connectivity index (χ0v) is 10.2. The van der Waals surface area contributed by atoms with Gasteiger partial charge in [0, 0.05) is 30.8 Å². The van der Waals surface area contributed by atoms with Crippen LogP contribution < -0.4 is 5.69 Å². The lowest BCUT2D eigenvalue weighted by Gasteiger charge is -2.00. The summed E-state index contributed by atoms with van der Waals surface area (Å²) >= 11 is 3.39. The van der Waals surface area contributed by atoms with Crippen LogP contribution in [0.15, 0.2) is 17.2 Å². The first-order chi connectivity index (χ1) is 6.79. The van der Waals surface area contributed by atoms with E-state index in [1.165, 1.54) is 12.8 Å². The molecule has 0 N–H and O–H groups in total. The van der Waals surface area contributed by atoms with Gasteiger partial charge >= 0.3 is 5.69 Å². The maximum absolute atomic E-state index is 11.6. The number of hydrogen-bond donors (Lipinski definition) is 0. The molecule has 1 aromatic heterocycles. The van der Waals surface area contributed by atoms with Crippen LogP contribution in [0.1, 0.15) is 26.2 Å². The molecular weight excluding hydrogens is 244 g/mol. The van der Waals surface area contributed by atoms with Crippen LogP contribution in [0.4, 0.5) is 0 Å². The summed E-state index contributed by atoms with van der Waals surface area (Å²) in [5, 5.41) is 1.05. The summed E-state index contributed by atoms with van der Waals surface area (Å²) in [5.74, 6) is 0. The Morgan fingerprint density at radius 3 is 2.50 bits per heavy atom. The van der Waals surface area contributed by atoms with Crippen LogP contribution in [0.2, 0.25) is 0 Å². The van der Waals surface area contributed by atoms with E-state index in [1.807, 2.05) is 19.3 Å². The van der Waals surface area contributed by atoms with Gasteiger partial charge in [-0.2, -0.15) is 0 Å². The van der Waals surface area contributed by atoms with Crippen LogP contribution in [0.5, 0.6) is 0 Å². The van der Waals surface area contributed by atoms with E-state index in [4.69, 9.17) is 0 Å². The summed E-state index contributed by atoms with van der Waals surface area (Å²) < 4.78 is 3.52.